The first-order valence-electron chi connectivity index (χ1n) is 5.33. The van der Waals surface area contributed by atoms with Gasteiger partial charge in [-0.25, -0.2) is 0 Å². The van der Waals surface area contributed by atoms with E-state index in [0.29, 0.717) is 24.1 Å². The van der Waals surface area contributed by atoms with E-state index in [1.54, 1.807) is 11.8 Å². The van der Waals surface area contributed by atoms with Gasteiger partial charge in [0, 0.05) is 13.1 Å². The number of thioether (sulfide) groups is 1. The second-order valence-corrected chi connectivity index (χ2v) is 4.89. The van der Waals surface area contributed by atoms with Gasteiger partial charge in [-0.05, 0) is 31.1 Å². The van der Waals surface area contributed by atoms with E-state index in [1.807, 2.05) is 4.90 Å². The van der Waals surface area contributed by atoms with E-state index in [2.05, 4.69) is 6.92 Å². The summed E-state index contributed by atoms with van der Waals surface area (Å²) in [6, 6.07) is 0. The molecule has 4 heteroatoms. The van der Waals surface area contributed by atoms with Crippen molar-refractivity contribution in [1.29, 1.82) is 0 Å². The highest BCUT2D eigenvalue weighted by Gasteiger charge is 2.24. The fourth-order valence-corrected chi connectivity index (χ4v) is 2.44. The summed E-state index contributed by atoms with van der Waals surface area (Å²) in [5.41, 5.74) is 5.57. The molecule has 0 aromatic carbocycles. The lowest BCUT2D eigenvalue weighted by Gasteiger charge is -2.15. The Bertz CT molecular complexity index is 187. The van der Waals surface area contributed by atoms with Crippen molar-refractivity contribution in [3.63, 3.8) is 0 Å². The van der Waals surface area contributed by atoms with Crippen LogP contribution in [0.25, 0.3) is 0 Å². The molecule has 1 unspecified atom stereocenters. The summed E-state index contributed by atoms with van der Waals surface area (Å²) in [6.45, 7) is 4.64. The second kappa shape index (κ2) is 6.30. The van der Waals surface area contributed by atoms with E-state index in [0.717, 1.165) is 31.7 Å². The number of carbonyl (C=O) groups is 1. The maximum atomic E-state index is 11.6. The summed E-state index contributed by atoms with van der Waals surface area (Å²) in [5, 5.41) is 0. The molecule has 0 aliphatic carbocycles. The van der Waals surface area contributed by atoms with Crippen LogP contribution in [0.2, 0.25) is 0 Å². The van der Waals surface area contributed by atoms with Crippen molar-refractivity contribution in [3.05, 3.63) is 0 Å². The summed E-state index contributed by atoms with van der Waals surface area (Å²) < 4.78 is 0. The predicted molar refractivity (Wildman–Crippen MR) is 61.4 cm³/mol. The molecule has 1 saturated heterocycles. The standard InChI is InChI=1S/C10H20N2OS/c1-2-5-14-8-10(13)12-4-3-9(6-11)7-12/h9H,2-8,11H2,1H3. The quantitative estimate of drug-likeness (QED) is 0.696. The lowest BCUT2D eigenvalue weighted by Crippen LogP contribution is -2.31. The minimum absolute atomic E-state index is 0.291. The van der Waals surface area contributed by atoms with Crippen LogP contribution in [0.3, 0.4) is 0 Å². The number of rotatable bonds is 5. The normalized spacial score (nSPS) is 21.6. The SMILES string of the molecule is CCCSCC(=O)N1CCC(CN)C1. The maximum absolute atomic E-state index is 11.6. The molecule has 82 valence electrons. The van der Waals surface area contributed by atoms with Gasteiger partial charge in [-0.2, -0.15) is 11.8 Å². The van der Waals surface area contributed by atoms with Crippen molar-refractivity contribution in [2.75, 3.05) is 31.1 Å². The number of nitrogens with two attached hydrogens (primary N) is 1. The van der Waals surface area contributed by atoms with Gasteiger partial charge in [0.15, 0.2) is 0 Å². The van der Waals surface area contributed by atoms with Gasteiger partial charge < -0.3 is 10.6 Å². The second-order valence-electron chi connectivity index (χ2n) is 3.78. The number of hydrogen-bond acceptors (Lipinski definition) is 3. The molecule has 0 bridgehead atoms. The first kappa shape index (κ1) is 11.9. The number of amides is 1. The lowest BCUT2D eigenvalue weighted by atomic mass is 10.1. The van der Waals surface area contributed by atoms with Crippen LogP contribution in [0.5, 0.6) is 0 Å². The maximum Gasteiger partial charge on any atom is 0.232 e. The van der Waals surface area contributed by atoms with Crippen LogP contribution in [0.15, 0.2) is 0 Å². The van der Waals surface area contributed by atoms with Gasteiger partial charge in [0.05, 0.1) is 5.75 Å². The molecule has 3 nitrogen and oxygen atoms in total. The van der Waals surface area contributed by atoms with E-state index in [1.165, 1.54) is 0 Å². The topological polar surface area (TPSA) is 46.3 Å². The zero-order chi connectivity index (χ0) is 10.4. The minimum atomic E-state index is 0.291. The molecule has 0 spiro atoms. The number of nitrogens with zero attached hydrogens (tertiary/aromatic N) is 1. The Labute approximate surface area is 90.4 Å². The van der Waals surface area contributed by atoms with Gasteiger partial charge in [0.2, 0.25) is 5.91 Å². The molecule has 1 rings (SSSR count). The molecular formula is C10H20N2OS. The van der Waals surface area contributed by atoms with Gasteiger partial charge in [-0.15, -0.1) is 0 Å². The average molecular weight is 216 g/mol. The Morgan fingerprint density at radius 2 is 2.43 bits per heavy atom. The predicted octanol–water partition coefficient (Wildman–Crippen LogP) is 0.937. The zero-order valence-corrected chi connectivity index (χ0v) is 9.68. The smallest absolute Gasteiger partial charge is 0.232 e. The molecule has 1 heterocycles. The van der Waals surface area contributed by atoms with Crippen LogP contribution < -0.4 is 5.73 Å². The summed E-state index contributed by atoms with van der Waals surface area (Å²) in [5.74, 6) is 2.56. The zero-order valence-electron chi connectivity index (χ0n) is 8.87. The van der Waals surface area contributed by atoms with E-state index < -0.39 is 0 Å². The summed E-state index contributed by atoms with van der Waals surface area (Å²) in [7, 11) is 0. The molecule has 2 N–H and O–H groups in total. The molecule has 14 heavy (non-hydrogen) atoms. The lowest BCUT2D eigenvalue weighted by molar-refractivity contribution is -0.127. The van der Waals surface area contributed by atoms with Crippen LogP contribution in [0, 0.1) is 5.92 Å². The minimum Gasteiger partial charge on any atom is -0.342 e. The molecule has 1 amide bonds. The Balaban J connectivity index is 2.18. The fraction of sp³-hybridized carbons (Fsp3) is 0.900. The highest BCUT2D eigenvalue weighted by Crippen LogP contribution is 2.16. The van der Waals surface area contributed by atoms with Gasteiger partial charge in [-0.3, -0.25) is 4.79 Å². The molecule has 1 fully saturated rings. The molecular weight excluding hydrogens is 196 g/mol. The van der Waals surface area contributed by atoms with Crippen LogP contribution in [0.1, 0.15) is 19.8 Å². The number of hydrogen-bond donors (Lipinski definition) is 1. The van der Waals surface area contributed by atoms with Crippen molar-refractivity contribution in [3.8, 4) is 0 Å². The first-order valence-corrected chi connectivity index (χ1v) is 6.49. The number of likely N-dealkylation sites (tertiary alicyclic amines) is 1. The molecule has 0 radical (unpaired) electrons. The molecule has 0 saturated carbocycles. The Morgan fingerprint density at radius 3 is 3.00 bits per heavy atom. The van der Waals surface area contributed by atoms with E-state index in [4.69, 9.17) is 5.73 Å². The largest absolute Gasteiger partial charge is 0.342 e. The summed E-state index contributed by atoms with van der Waals surface area (Å²) in [4.78, 5) is 13.6. The van der Waals surface area contributed by atoms with Gasteiger partial charge >= 0.3 is 0 Å². The van der Waals surface area contributed by atoms with Gasteiger partial charge in [0.25, 0.3) is 0 Å². The van der Waals surface area contributed by atoms with Gasteiger partial charge in [0.1, 0.15) is 0 Å². The molecule has 1 aliphatic heterocycles. The molecule has 0 aromatic heterocycles. The molecule has 0 aromatic rings. The van der Waals surface area contributed by atoms with Crippen molar-refractivity contribution in [2.24, 2.45) is 11.7 Å². The van der Waals surface area contributed by atoms with Crippen LogP contribution >= 0.6 is 11.8 Å². The van der Waals surface area contributed by atoms with Crippen LogP contribution in [0.4, 0.5) is 0 Å². The summed E-state index contributed by atoms with van der Waals surface area (Å²) in [6.07, 6.45) is 2.23. The van der Waals surface area contributed by atoms with Gasteiger partial charge in [-0.1, -0.05) is 6.92 Å². The van der Waals surface area contributed by atoms with Crippen molar-refractivity contribution >= 4 is 17.7 Å². The average Bonchev–Trinajstić information content (AvgIpc) is 2.66. The fourth-order valence-electron chi connectivity index (χ4n) is 1.65. The van der Waals surface area contributed by atoms with E-state index >= 15 is 0 Å². The Kier molecular flexibility index (Phi) is 5.33. The monoisotopic (exact) mass is 216 g/mol. The van der Waals surface area contributed by atoms with E-state index in [-0.39, 0.29) is 0 Å². The Hall–Kier alpha value is -0.220. The van der Waals surface area contributed by atoms with Crippen LogP contribution in [-0.4, -0.2) is 41.9 Å². The summed E-state index contributed by atoms with van der Waals surface area (Å²) >= 11 is 1.73. The highest BCUT2D eigenvalue weighted by molar-refractivity contribution is 7.99. The van der Waals surface area contributed by atoms with Crippen molar-refractivity contribution in [2.45, 2.75) is 19.8 Å². The third kappa shape index (κ3) is 3.50. The van der Waals surface area contributed by atoms with Crippen LogP contribution in [-0.2, 0) is 4.79 Å². The third-order valence-electron chi connectivity index (χ3n) is 2.55. The Morgan fingerprint density at radius 1 is 1.64 bits per heavy atom. The van der Waals surface area contributed by atoms with Crippen molar-refractivity contribution < 1.29 is 4.79 Å². The van der Waals surface area contributed by atoms with E-state index in [9.17, 15) is 4.79 Å². The third-order valence-corrected chi connectivity index (χ3v) is 3.69. The van der Waals surface area contributed by atoms with Crippen molar-refractivity contribution in [1.82, 2.24) is 4.90 Å². The molecule has 1 aliphatic rings. The first-order chi connectivity index (χ1) is 6.77. The number of carbonyl (C=O) groups excluding carboxylic acids is 1. The molecule has 1 atom stereocenters. The highest BCUT2D eigenvalue weighted by atomic mass is 32.2.